The SMILES string of the molecule is CS(=O)(=O)OCCC1(c2ccc(Cl)c(Cl)c2)CCN(C(=O)c2ccccc2)C1. The molecule has 0 saturated carbocycles. The predicted molar refractivity (Wildman–Crippen MR) is 111 cm³/mol. The minimum Gasteiger partial charge on any atom is -0.338 e. The molecule has 1 unspecified atom stereocenters. The third kappa shape index (κ3) is 4.87. The van der Waals surface area contributed by atoms with Crippen LogP contribution in [0.4, 0.5) is 0 Å². The van der Waals surface area contributed by atoms with E-state index < -0.39 is 15.5 Å². The molecule has 1 heterocycles. The van der Waals surface area contributed by atoms with Crippen LogP contribution in [-0.2, 0) is 19.7 Å². The Morgan fingerprint density at radius 1 is 1.14 bits per heavy atom. The summed E-state index contributed by atoms with van der Waals surface area (Å²) in [6.45, 7) is 1.05. The average Bonchev–Trinajstić information content (AvgIpc) is 3.08. The zero-order valence-electron chi connectivity index (χ0n) is 15.4. The fraction of sp³-hybridized carbons (Fsp3) is 0.350. The van der Waals surface area contributed by atoms with Gasteiger partial charge in [-0.1, -0.05) is 47.5 Å². The molecular weight excluding hydrogens is 421 g/mol. The molecule has 0 aromatic heterocycles. The van der Waals surface area contributed by atoms with Gasteiger partial charge in [0, 0.05) is 24.1 Å². The van der Waals surface area contributed by atoms with Crippen molar-refractivity contribution in [2.45, 2.75) is 18.3 Å². The Balaban J connectivity index is 1.87. The van der Waals surface area contributed by atoms with Gasteiger partial charge in [0.25, 0.3) is 16.0 Å². The summed E-state index contributed by atoms with van der Waals surface area (Å²) in [5.41, 5.74) is 1.09. The first-order valence-corrected chi connectivity index (χ1v) is 11.4. The molecule has 28 heavy (non-hydrogen) atoms. The highest BCUT2D eigenvalue weighted by atomic mass is 35.5. The number of nitrogens with zero attached hydrogens (tertiary/aromatic N) is 1. The van der Waals surface area contributed by atoms with Crippen molar-refractivity contribution < 1.29 is 17.4 Å². The molecule has 1 aliphatic rings. The van der Waals surface area contributed by atoms with Crippen molar-refractivity contribution in [3.8, 4) is 0 Å². The van der Waals surface area contributed by atoms with Gasteiger partial charge in [-0.25, -0.2) is 0 Å². The maximum atomic E-state index is 12.9. The van der Waals surface area contributed by atoms with Crippen LogP contribution < -0.4 is 0 Å². The Hall–Kier alpha value is -1.60. The summed E-state index contributed by atoms with van der Waals surface area (Å²) in [4.78, 5) is 14.7. The van der Waals surface area contributed by atoms with Crippen molar-refractivity contribution in [2.24, 2.45) is 0 Å². The first kappa shape index (κ1) is 21.1. The van der Waals surface area contributed by atoms with E-state index in [1.165, 1.54) is 0 Å². The van der Waals surface area contributed by atoms with Gasteiger partial charge in [0.05, 0.1) is 22.9 Å². The Bertz CT molecular complexity index is 965. The molecule has 1 atom stereocenters. The maximum Gasteiger partial charge on any atom is 0.264 e. The van der Waals surface area contributed by atoms with Crippen molar-refractivity contribution in [1.82, 2.24) is 4.90 Å². The monoisotopic (exact) mass is 441 g/mol. The molecule has 1 amide bonds. The van der Waals surface area contributed by atoms with Crippen LogP contribution in [0, 0.1) is 0 Å². The van der Waals surface area contributed by atoms with Crippen LogP contribution in [0.15, 0.2) is 48.5 Å². The lowest BCUT2D eigenvalue weighted by Crippen LogP contribution is -2.35. The molecule has 0 spiro atoms. The van der Waals surface area contributed by atoms with Gasteiger partial charge in [-0.2, -0.15) is 8.42 Å². The van der Waals surface area contributed by atoms with Crippen LogP contribution in [0.2, 0.25) is 10.0 Å². The number of carbonyl (C=O) groups excluding carboxylic acids is 1. The summed E-state index contributed by atoms with van der Waals surface area (Å²) in [5, 5.41) is 0.874. The number of amides is 1. The molecule has 0 bridgehead atoms. The second-order valence-electron chi connectivity index (χ2n) is 7.03. The van der Waals surface area contributed by atoms with Crippen molar-refractivity contribution >= 4 is 39.2 Å². The highest BCUT2D eigenvalue weighted by Gasteiger charge is 2.41. The highest BCUT2D eigenvalue weighted by molar-refractivity contribution is 7.85. The molecular formula is C20H21Cl2NO4S. The molecule has 5 nitrogen and oxygen atoms in total. The summed E-state index contributed by atoms with van der Waals surface area (Å²) in [6, 6.07) is 14.5. The van der Waals surface area contributed by atoms with Crippen LogP contribution in [-0.4, -0.2) is 45.2 Å². The molecule has 3 rings (SSSR count). The minimum atomic E-state index is -3.54. The third-order valence-corrected chi connectivity index (χ3v) is 6.41. The Labute approximate surface area is 175 Å². The van der Waals surface area contributed by atoms with Crippen LogP contribution in [0.5, 0.6) is 0 Å². The lowest BCUT2D eigenvalue weighted by Gasteiger charge is -2.30. The highest BCUT2D eigenvalue weighted by Crippen LogP contribution is 2.40. The van der Waals surface area contributed by atoms with Crippen LogP contribution in [0.1, 0.15) is 28.8 Å². The summed E-state index contributed by atoms with van der Waals surface area (Å²) >= 11 is 12.3. The van der Waals surface area contributed by atoms with E-state index in [-0.39, 0.29) is 12.5 Å². The van der Waals surface area contributed by atoms with E-state index in [0.29, 0.717) is 41.5 Å². The van der Waals surface area contributed by atoms with E-state index in [0.717, 1.165) is 11.8 Å². The Kier molecular flexibility index (Phi) is 6.34. The quantitative estimate of drug-likeness (QED) is 0.631. The van der Waals surface area contributed by atoms with Gasteiger partial charge in [0.15, 0.2) is 0 Å². The Morgan fingerprint density at radius 2 is 1.86 bits per heavy atom. The molecule has 1 fully saturated rings. The van der Waals surface area contributed by atoms with Gasteiger partial charge < -0.3 is 4.90 Å². The second kappa shape index (κ2) is 8.41. The van der Waals surface area contributed by atoms with Crippen LogP contribution >= 0.6 is 23.2 Å². The first-order chi connectivity index (χ1) is 13.2. The van der Waals surface area contributed by atoms with E-state index >= 15 is 0 Å². The topological polar surface area (TPSA) is 63.7 Å². The summed E-state index contributed by atoms with van der Waals surface area (Å²) < 4.78 is 27.7. The second-order valence-corrected chi connectivity index (χ2v) is 9.49. The predicted octanol–water partition coefficient (Wildman–Crippen LogP) is 4.14. The van der Waals surface area contributed by atoms with E-state index in [1.807, 2.05) is 24.3 Å². The summed E-state index contributed by atoms with van der Waals surface area (Å²) in [6.07, 6.45) is 2.14. The number of hydrogen-bond acceptors (Lipinski definition) is 4. The smallest absolute Gasteiger partial charge is 0.264 e. The molecule has 1 saturated heterocycles. The van der Waals surface area contributed by atoms with Crippen molar-refractivity contribution in [3.63, 3.8) is 0 Å². The van der Waals surface area contributed by atoms with E-state index in [4.69, 9.17) is 27.4 Å². The van der Waals surface area contributed by atoms with Gasteiger partial charge in [-0.3, -0.25) is 8.98 Å². The maximum absolute atomic E-state index is 12.9. The van der Waals surface area contributed by atoms with E-state index in [9.17, 15) is 13.2 Å². The fourth-order valence-electron chi connectivity index (χ4n) is 3.61. The molecule has 0 N–H and O–H groups in total. The van der Waals surface area contributed by atoms with E-state index in [2.05, 4.69) is 0 Å². The van der Waals surface area contributed by atoms with Crippen molar-refractivity contribution in [3.05, 3.63) is 69.7 Å². The van der Waals surface area contributed by atoms with E-state index in [1.54, 1.807) is 29.2 Å². The van der Waals surface area contributed by atoms with Gasteiger partial charge in [-0.05, 0) is 42.7 Å². The molecule has 0 aliphatic carbocycles. The molecule has 150 valence electrons. The molecule has 0 radical (unpaired) electrons. The Morgan fingerprint density at radius 3 is 2.50 bits per heavy atom. The lowest BCUT2D eigenvalue weighted by molar-refractivity contribution is 0.0780. The minimum absolute atomic E-state index is 0.0342. The van der Waals surface area contributed by atoms with Crippen LogP contribution in [0.25, 0.3) is 0 Å². The zero-order chi connectivity index (χ0) is 20.4. The first-order valence-electron chi connectivity index (χ1n) is 8.84. The number of rotatable bonds is 6. The standard InChI is InChI=1S/C20H21Cl2NO4S/c1-28(25,26)27-12-10-20(16-7-8-17(21)18(22)13-16)9-11-23(14-20)19(24)15-5-3-2-4-6-15/h2-8,13H,9-12,14H2,1H3. The molecule has 2 aromatic carbocycles. The largest absolute Gasteiger partial charge is 0.338 e. The summed E-state index contributed by atoms with van der Waals surface area (Å²) in [7, 11) is -3.54. The van der Waals surface area contributed by atoms with Gasteiger partial charge in [0.1, 0.15) is 0 Å². The number of carbonyl (C=O) groups is 1. The third-order valence-electron chi connectivity index (χ3n) is 5.07. The molecule has 8 heteroatoms. The summed E-state index contributed by atoms with van der Waals surface area (Å²) in [5.74, 6) is -0.0495. The molecule has 1 aliphatic heterocycles. The number of hydrogen-bond donors (Lipinski definition) is 0. The normalized spacial score (nSPS) is 19.8. The van der Waals surface area contributed by atoms with Gasteiger partial charge >= 0.3 is 0 Å². The fourth-order valence-corrected chi connectivity index (χ4v) is 4.29. The van der Waals surface area contributed by atoms with Gasteiger partial charge in [-0.15, -0.1) is 0 Å². The number of benzene rings is 2. The molecule has 2 aromatic rings. The van der Waals surface area contributed by atoms with Crippen molar-refractivity contribution in [1.29, 1.82) is 0 Å². The van der Waals surface area contributed by atoms with Gasteiger partial charge in [0.2, 0.25) is 0 Å². The number of halogens is 2. The average molecular weight is 442 g/mol. The van der Waals surface area contributed by atoms with Crippen molar-refractivity contribution in [2.75, 3.05) is 26.0 Å². The lowest BCUT2D eigenvalue weighted by atomic mass is 9.77. The van der Waals surface area contributed by atoms with Crippen LogP contribution in [0.3, 0.4) is 0 Å². The zero-order valence-corrected chi connectivity index (χ0v) is 17.7. The number of likely N-dealkylation sites (tertiary alicyclic amines) is 1.